The van der Waals surface area contributed by atoms with Crippen LogP contribution in [0.15, 0.2) is 24.4 Å². The van der Waals surface area contributed by atoms with Crippen molar-refractivity contribution in [2.45, 2.75) is 6.92 Å². The van der Waals surface area contributed by atoms with Gasteiger partial charge < -0.3 is 10.1 Å². The summed E-state index contributed by atoms with van der Waals surface area (Å²) >= 11 is 11.8. The Morgan fingerprint density at radius 2 is 1.80 bits per heavy atom. The Balaban J connectivity index is 0.000000245. The van der Waals surface area contributed by atoms with Crippen molar-refractivity contribution in [2.24, 2.45) is 0 Å². The molecule has 2 aromatic rings. The average molecular weight is 246 g/mol. The first kappa shape index (κ1) is 11.9. The predicted octanol–water partition coefficient (Wildman–Crippen LogP) is 3.57. The number of hydrogen-bond acceptors (Lipinski definition) is 1. The van der Waals surface area contributed by atoms with Crippen molar-refractivity contribution in [2.75, 3.05) is 0 Å². The molecule has 1 aromatic carbocycles. The highest BCUT2D eigenvalue weighted by Crippen LogP contribution is 2.28. The van der Waals surface area contributed by atoms with Gasteiger partial charge in [0.15, 0.2) is 0 Å². The standard InChI is InChI=1S/C8H5Cl2N.C2H4O2/c9-6-1-2-7(10)8-5(6)3-4-11-8;1-2(3)4/h1-4,11H;1H3,(H,3,4). The molecule has 0 bridgehead atoms. The summed E-state index contributed by atoms with van der Waals surface area (Å²) in [5.41, 5.74) is 0.902. The van der Waals surface area contributed by atoms with Crippen LogP contribution in [0.4, 0.5) is 0 Å². The zero-order valence-electron chi connectivity index (χ0n) is 7.92. The van der Waals surface area contributed by atoms with Gasteiger partial charge in [0.1, 0.15) is 0 Å². The van der Waals surface area contributed by atoms with Crippen LogP contribution in [0.1, 0.15) is 6.92 Å². The van der Waals surface area contributed by atoms with Gasteiger partial charge in [0.05, 0.1) is 15.6 Å². The lowest BCUT2D eigenvalue weighted by molar-refractivity contribution is -0.134. The monoisotopic (exact) mass is 245 g/mol. The summed E-state index contributed by atoms with van der Waals surface area (Å²) in [7, 11) is 0. The molecule has 1 heterocycles. The average Bonchev–Trinajstić information content (AvgIpc) is 2.60. The maximum atomic E-state index is 9.00. The topological polar surface area (TPSA) is 53.1 Å². The molecule has 0 aliphatic carbocycles. The minimum Gasteiger partial charge on any atom is -0.481 e. The van der Waals surface area contributed by atoms with Gasteiger partial charge in [-0.15, -0.1) is 0 Å². The van der Waals surface area contributed by atoms with Gasteiger partial charge in [0.2, 0.25) is 0 Å². The van der Waals surface area contributed by atoms with E-state index >= 15 is 0 Å². The van der Waals surface area contributed by atoms with E-state index in [4.69, 9.17) is 33.1 Å². The minimum absolute atomic E-state index is 0.703. The van der Waals surface area contributed by atoms with Crippen LogP contribution in [0.5, 0.6) is 0 Å². The first-order chi connectivity index (χ1) is 7.02. The molecule has 2 N–H and O–H groups in total. The second-order valence-corrected chi connectivity index (χ2v) is 3.63. The van der Waals surface area contributed by atoms with Crippen molar-refractivity contribution in [1.82, 2.24) is 4.98 Å². The number of rotatable bonds is 0. The largest absolute Gasteiger partial charge is 0.481 e. The highest BCUT2D eigenvalue weighted by Gasteiger charge is 2.02. The highest BCUT2D eigenvalue weighted by atomic mass is 35.5. The van der Waals surface area contributed by atoms with Crippen molar-refractivity contribution in [3.8, 4) is 0 Å². The number of aromatic amines is 1. The first-order valence-electron chi connectivity index (χ1n) is 4.13. The number of hydrogen-bond donors (Lipinski definition) is 2. The third-order valence-electron chi connectivity index (χ3n) is 1.62. The van der Waals surface area contributed by atoms with Gasteiger partial charge in [-0.25, -0.2) is 0 Å². The third-order valence-corrected chi connectivity index (χ3v) is 2.26. The maximum Gasteiger partial charge on any atom is 0.300 e. The van der Waals surface area contributed by atoms with Crippen LogP contribution in [-0.2, 0) is 4.79 Å². The zero-order chi connectivity index (χ0) is 11.4. The fourth-order valence-electron chi connectivity index (χ4n) is 1.09. The Kier molecular flexibility index (Phi) is 4.00. The van der Waals surface area contributed by atoms with E-state index in [9.17, 15) is 0 Å². The van der Waals surface area contributed by atoms with Crippen LogP contribution >= 0.6 is 23.2 Å². The summed E-state index contributed by atoms with van der Waals surface area (Å²) in [4.78, 5) is 12.0. The van der Waals surface area contributed by atoms with Crippen LogP contribution in [0, 0.1) is 0 Å². The Morgan fingerprint density at radius 1 is 1.27 bits per heavy atom. The molecule has 0 unspecified atom stereocenters. The highest BCUT2D eigenvalue weighted by molar-refractivity contribution is 6.39. The molecule has 0 amide bonds. The van der Waals surface area contributed by atoms with E-state index in [-0.39, 0.29) is 0 Å². The lowest BCUT2D eigenvalue weighted by Crippen LogP contribution is -1.78. The molecule has 1 aromatic heterocycles. The SMILES string of the molecule is CC(=O)O.Clc1ccc(Cl)c2[nH]ccc12. The number of carbonyl (C=O) groups is 1. The molecule has 15 heavy (non-hydrogen) atoms. The summed E-state index contributed by atoms with van der Waals surface area (Å²) in [6.45, 7) is 1.08. The molecule has 0 aliphatic heterocycles. The lowest BCUT2D eigenvalue weighted by atomic mass is 10.2. The van der Waals surface area contributed by atoms with E-state index in [1.807, 2.05) is 12.3 Å². The molecule has 0 atom stereocenters. The number of carboxylic acids is 1. The Labute approximate surface area is 96.6 Å². The van der Waals surface area contributed by atoms with Crippen LogP contribution < -0.4 is 0 Å². The molecule has 0 fully saturated rings. The molecule has 3 nitrogen and oxygen atoms in total. The molecule has 5 heteroatoms. The molecule has 0 saturated carbocycles. The van der Waals surface area contributed by atoms with E-state index in [1.54, 1.807) is 12.1 Å². The first-order valence-corrected chi connectivity index (χ1v) is 4.88. The fourth-order valence-corrected chi connectivity index (χ4v) is 1.53. The molecule has 0 radical (unpaired) electrons. The predicted molar refractivity (Wildman–Crippen MR) is 61.6 cm³/mol. The van der Waals surface area contributed by atoms with Gasteiger partial charge >= 0.3 is 0 Å². The molecule has 0 aliphatic rings. The number of halogens is 2. The van der Waals surface area contributed by atoms with E-state index in [0.29, 0.717) is 5.02 Å². The van der Waals surface area contributed by atoms with E-state index in [1.165, 1.54) is 0 Å². The second kappa shape index (κ2) is 5.05. The van der Waals surface area contributed by atoms with Crippen LogP contribution in [0.25, 0.3) is 10.9 Å². The molecule has 0 spiro atoms. The van der Waals surface area contributed by atoms with Crippen LogP contribution in [0.2, 0.25) is 10.0 Å². The quantitative estimate of drug-likeness (QED) is 0.746. The molecule has 80 valence electrons. The molecular weight excluding hydrogens is 237 g/mol. The van der Waals surface area contributed by atoms with Gasteiger partial charge in [-0.05, 0) is 18.2 Å². The summed E-state index contributed by atoms with van der Waals surface area (Å²) in [6, 6.07) is 5.48. The van der Waals surface area contributed by atoms with Crippen molar-refractivity contribution < 1.29 is 9.90 Å². The van der Waals surface area contributed by atoms with E-state index in [2.05, 4.69) is 4.98 Å². The number of nitrogens with one attached hydrogen (secondary N) is 1. The molecule has 0 saturated heterocycles. The number of aliphatic carboxylic acids is 1. The summed E-state index contributed by atoms with van der Waals surface area (Å²) < 4.78 is 0. The van der Waals surface area contributed by atoms with Gasteiger partial charge in [-0.1, -0.05) is 23.2 Å². The summed E-state index contributed by atoms with van der Waals surface area (Å²) in [5.74, 6) is -0.833. The number of H-pyrrole nitrogens is 1. The second-order valence-electron chi connectivity index (χ2n) is 2.81. The van der Waals surface area contributed by atoms with Gasteiger partial charge in [-0.2, -0.15) is 0 Å². The van der Waals surface area contributed by atoms with Crippen molar-refractivity contribution in [1.29, 1.82) is 0 Å². The van der Waals surface area contributed by atoms with Crippen LogP contribution in [0.3, 0.4) is 0 Å². The van der Waals surface area contributed by atoms with Crippen molar-refractivity contribution in [3.05, 3.63) is 34.4 Å². The summed E-state index contributed by atoms with van der Waals surface area (Å²) in [5, 5.41) is 9.82. The Bertz CT molecular complexity index is 439. The van der Waals surface area contributed by atoms with E-state index < -0.39 is 5.97 Å². The third kappa shape index (κ3) is 3.15. The number of aromatic nitrogens is 1. The zero-order valence-corrected chi connectivity index (χ0v) is 9.43. The van der Waals surface area contributed by atoms with E-state index in [0.717, 1.165) is 22.8 Å². The van der Waals surface area contributed by atoms with Crippen molar-refractivity contribution in [3.63, 3.8) is 0 Å². The van der Waals surface area contributed by atoms with Gasteiger partial charge in [0, 0.05) is 18.5 Å². The Morgan fingerprint density at radius 3 is 2.33 bits per heavy atom. The molecular formula is C10H9Cl2NO2. The molecule has 2 rings (SSSR count). The fraction of sp³-hybridized carbons (Fsp3) is 0.100. The normalized spacial score (nSPS) is 9.53. The minimum atomic E-state index is -0.833. The van der Waals surface area contributed by atoms with Crippen molar-refractivity contribution >= 4 is 40.1 Å². The van der Waals surface area contributed by atoms with Gasteiger partial charge in [0.25, 0.3) is 5.97 Å². The van der Waals surface area contributed by atoms with Gasteiger partial charge in [-0.3, -0.25) is 4.79 Å². The lowest BCUT2D eigenvalue weighted by Gasteiger charge is -1.94. The smallest absolute Gasteiger partial charge is 0.300 e. The maximum absolute atomic E-state index is 9.00. The summed E-state index contributed by atoms with van der Waals surface area (Å²) in [6.07, 6.45) is 1.82. The number of benzene rings is 1. The number of fused-ring (bicyclic) bond motifs is 1. The Hall–Kier alpha value is -1.19. The number of carboxylic acid groups (broad SMARTS) is 1. The van der Waals surface area contributed by atoms with Crippen LogP contribution in [-0.4, -0.2) is 16.1 Å².